The van der Waals surface area contributed by atoms with Crippen LogP contribution in [0.25, 0.3) is 11.1 Å². The second-order valence-electron chi connectivity index (χ2n) is 3.57. The van der Waals surface area contributed by atoms with Gasteiger partial charge < -0.3 is 0 Å². The van der Waals surface area contributed by atoms with Crippen molar-refractivity contribution in [1.29, 1.82) is 0 Å². The fourth-order valence-electron chi connectivity index (χ4n) is 1.91. The Kier molecular flexibility index (Phi) is 1.31. The van der Waals surface area contributed by atoms with Crippen LogP contribution in [-0.2, 0) is 6.42 Å². The van der Waals surface area contributed by atoms with Crippen molar-refractivity contribution >= 4 is 0 Å². The molecule has 4 rings (SSSR count). The summed E-state index contributed by atoms with van der Waals surface area (Å²) in [6.07, 6.45) is 1.06. The normalized spacial score (nSPS) is 12.3. The summed E-state index contributed by atoms with van der Waals surface area (Å²) in [4.78, 5) is 0. The molecule has 0 saturated heterocycles. The third-order valence-electron chi connectivity index (χ3n) is 2.62. The average molecular weight is 166 g/mol. The minimum Gasteiger partial charge on any atom is -0.0614 e. The maximum Gasteiger partial charge on any atom is -0.00255 e. The van der Waals surface area contributed by atoms with Gasteiger partial charge in [0.15, 0.2) is 0 Å². The van der Waals surface area contributed by atoms with Crippen molar-refractivity contribution in [2.75, 3.05) is 0 Å². The van der Waals surface area contributed by atoms with Crippen molar-refractivity contribution in [3.05, 3.63) is 59.7 Å². The number of benzene rings is 2. The van der Waals surface area contributed by atoms with Crippen LogP contribution in [-0.4, -0.2) is 0 Å². The van der Waals surface area contributed by atoms with Gasteiger partial charge in [-0.15, -0.1) is 0 Å². The first-order valence-corrected chi connectivity index (χ1v) is 4.60. The molecule has 2 aliphatic carbocycles. The first-order chi connectivity index (χ1) is 6.42. The number of rotatable bonds is 0. The number of hydrogen-bond donors (Lipinski definition) is 0. The summed E-state index contributed by atoms with van der Waals surface area (Å²) in [6, 6.07) is 17.6. The predicted octanol–water partition coefficient (Wildman–Crippen LogP) is 3.26. The van der Waals surface area contributed by atoms with Gasteiger partial charge in [0.2, 0.25) is 0 Å². The van der Waals surface area contributed by atoms with Gasteiger partial charge >= 0.3 is 0 Å². The lowest BCUT2D eigenvalue weighted by Gasteiger charge is -2.11. The van der Waals surface area contributed by atoms with Crippen LogP contribution in [0.1, 0.15) is 11.1 Å². The van der Waals surface area contributed by atoms with Crippen molar-refractivity contribution in [3.63, 3.8) is 0 Å². The lowest BCUT2D eigenvalue weighted by molar-refractivity contribution is 1.18. The third-order valence-corrected chi connectivity index (χ3v) is 2.62. The van der Waals surface area contributed by atoms with E-state index >= 15 is 0 Å². The summed E-state index contributed by atoms with van der Waals surface area (Å²) < 4.78 is 0. The molecule has 13 heavy (non-hydrogen) atoms. The second-order valence-corrected chi connectivity index (χ2v) is 3.57. The van der Waals surface area contributed by atoms with E-state index in [0.717, 1.165) is 6.42 Å². The Morgan fingerprint density at radius 3 is 2.38 bits per heavy atom. The van der Waals surface area contributed by atoms with Crippen molar-refractivity contribution in [3.8, 4) is 11.1 Å². The van der Waals surface area contributed by atoms with Crippen LogP contribution in [0.2, 0.25) is 0 Å². The largest absolute Gasteiger partial charge is 0.0614 e. The Balaban J connectivity index is 2.37. The quantitative estimate of drug-likeness (QED) is 0.481. The van der Waals surface area contributed by atoms with Crippen LogP contribution in [0.5, 0.6) is 0 Å². The molecule has 0 radical (unpaired) electrons. The molecule has 0 nitrogen and oxygen atoms in total. The zero-order valence-corrected chi connectivity index (χ0v) is 7.33. The average Bonchev–Trinajstić information content (AvgIpc) is 2.18. The summed E-state index contributed by atoms with van der Waals surface area (Å²) in [5.41, 5.74) is 5.48. The summed E-state index contributed by atoms with van der Waals surface area (Å²) in [5, 5.41) is 0. The van der Waals surface area contributed by atoms with Crippen LogP contribution in [0.15, 0.2) is 48.5 Å². The highest BCUT2D eigenvalue weighted by Crippen LogP contribution is 2.25. The highest BCUT2D eigenvalue weighted by Gasteiger charge is 2.04. The van der Waals surface area contributed by atoms with E-state index in [1.807, 2.05) is 0 Å². The zero-order chi connectivity index (χ0) is 8.67. The summed E-state index contributed by atoms with van der Waals surface area (Å²) in [5.74, 6) is 0. The topological polar surface area (TPSA) is 0 Å². The van der Waals surface area contributed by atoms with Crippen LogP contribution in [0.3, 0.4) is 0 Å². The molecule has 2 aliphatic rings. The summed E-state index contributed by atoms with van der Waals surface area (Å²) in [6.45, 7) is 0. The molecular weight excluding hydrogens is 156 g/mol. The van der Waals surface area contributed by atoms with Crippen molar-refractivity contribution < 1.29 is 0 Å². The van der Waals surface area contributed by atoms with E-state index in [2.05, 4.69) is 48.5 Å². The molecule has 0 N–H and O–H groups in total. The van der Waals surface area contributed by atoms with Gasteiger partial charge in [0, 0.05) is 0 Å². The summed E-state index contributed by atoms with van der Waals surface area (Å²) >= 11 is 0. The Labute approximate surface area is 77.8 Å². The van der Waals surface area contributed by atoms with E-state index in [9.17, 15) is 0 Å². The van der Waals surface area contributed by atoms with Gasteiger partial charge in [-0.2, -0.15) is 0 Å². The van der Waals surface area contributed by atoms with Crippen LogP contribution < -0.4 is 0 Å². The molecule has 0 unspecified atom stereocenters. The van der Waals surface area contributed by atoms with Gasteiger partial charge in [0.05, 0.1) is 0 Å². The highest BCUT2D eigenvalue weighted by molar-refractivity contribution is 5.65. The van der Waals surface area contributed by atoms with Gasteiger partial charge in [-0.05, 0) is 28.7 Å². The molecule has 0 amide bonds. The molecule has 0 heterocycles. The van der Waals surface area contributed by atoms with Gasteiger partial charge in [-0.3, -0.25) is 0 Å². The lowest BCUT2D eigenvalue weighted by Crippen LogP contribution is -1.92. The van der Waals surface area contributed by atoms with E-state index in [0.29, 0.717) is 0 Å². The van der Waals surface area contributed by atoms with Gasteiger partial charge in [-0.25, -0.2) is 0 Å². The Bertz CT molecular complexity index is 438. The predicted molar refractivity (Wildman–Crippen MR) is 54.7 cm³/mol. The monoisotopic (exact) mass is 166 g/mol. The fraction of sp³-hybridized carbons (Fsp3) is 0.0769. The van der Waals surface area contributed by atoms with Crippen LogP contribution in [0, 0.1) is 0 Å². The molecule has 0 heteroatoms. The lowest BCUT2D eigenvalue weighted by atomic mass is 9.94. The van der Waals surface area contributed by atoms with Gasteiger partial charge in [0.25, 0.3) is 0 Å². The van der Waals surface area contributed by atoms with Crippen LogP contribution >= 0.6 is 0 Å². The maximum absolute atomic E-state index is 2.28. The molecule has 0 aliphatic heterocycles. The van der Waals surface area contributed by atoms with E-state index in [1.54, 1.807) is 0 Å². The van der Waals surface area contributed by atoms with Crippen molar-refractivity contribution in [2.45, 2.75) is 6.42 Å². The van der Waals surface area contributed by atoms with Crippen LogP contribution in [0.4, 0.5) is 0 Å². The van der Waals surface area contributed by atoms with Gasteiger partial charge in [-0.1, -0.05) is 48.5 Å². The highest BCUT2D eigenvalue weighted by atomic mass is 14.1. The third kappa shape index (κ3) is 1.06. The Hall–Kier alpha value is -1.56. The molecule has 2 aromatic rings. The number of hydrogen-bond acceptors (Lipinski definition) is 0. The van der Waals surface area contributed by atoms with E-state index in [1.165, 1.54) is 22.3 Å². The molecule has 4 bridgehead atoms. The smallest absolute Gasteiger partial charge is 0.00255 e. The molecule has 0 spiro atoms. The fourth-order valence-corrected chi connectivity index (χ4v) is 1.91. The first kappa shape index (κ1) is 6.90. The van der Waals surface area contributed by atoms with E-state index < -0.39 is 0 Å². The zero-order valence-electron chi connectivity index (χ0n) is 7.33. The van der Waals surface area contributed by atoms with E-state index in [4.69, 9.17) is 0 Å². The Morgan fingerprint density at radius 2 is 1.54 bits per heavy atom. The standard InChI is InChI=1S/C13H10/c1-2-11-8-10-4-6-12(7-5-10)13(3-1)9-11/h1-7,9H,8H2. The first-order valence-electron chi connectivity index (χ1n) is 4.60. The molecule has 0 saturated carbocycles. The minimum absolute atomic E-state index is 1.06. The number of fused-ring (bicyclic) bond motifs is 2. The SMILES string of the molecule is c1cc2cc(c1)-c1ccc(cc1)C2. The molecule has 62 valence electrons. The van der Waals surface area contributed by atoms with Gasteiger partial charge in [0.1, 0.15) is 0 Å². The minimum atomic E-state index is 1.06. The summed E-state index contributed by atoms with van der Waals surface area (Å²) in [7, 11) is 0. The molecule has 0 atom stereocenters. The Morgan fingerprint density at radius 1 is 0.692 bits per heavy atom. The molecular formula is C13H10. The second kappa shape index (κ2) is 2.46. The van der Waals surface area contributed by atoms with Crippen molar-refractivity contribution in [1.82, 2.24) is 0 Å². The van der Waals surface area contributed by atoms with Crippen molar-refractivity contribution in [2.24, 2.45) is 0 Å². The molecule has 0 aromatic heterocycles. The molecule has 0 fully saturated rings. The molecule has 2 aromatic carbocycles. The van der Waals surface area contributed by atoms with E-state index in [-0.39, 0.29) is 0 Å². The maximum atomic E-state index is 2.28.